The zero-order valence-corrected chi connectivity index (χ0v) is 18.3. The average Bonchev–Trinajstić information content (AvgIpc) is 3.37. The van der Waals surface area contributed by atoms with Crippen LogP contribution in [0.5, 0.6) is 0 Å². The van der Waals surface area contributed by atoms with Gasteiger partial charge < -0.3 is 4.90 Å². The molecule has 1 fully saturated rings. The van der Waals surface area contributed by atoms with Gasteiger partial charge in [0.05, 0.1) is 6.20 Å². The summed E-state index contributed by atoms with van der Waals surface area (Å²) in [5.74, 6) is -0.487. The summed E-state index contributed by atoms with van der Waals surface area (Å²) in [4.78, 5) is 18.9. The monoisotopic (exact) mass is 458 g/mol. The maximum absolute atomic E-state index is 13.2. The molecule has 2 atom stereocenters. The number of H-pyrrole nitrogens is 1. The van der Waals surface area contributed by atoms with E-state index in [1.165, 1.54) is 23.5 Å². The quantitative estimate of drug-likeness (QED) is 0.567. The smallest absolute Gasteiger partial charge is 0.226 e. The molecule has 0 spiro atoms. The summed E-state index contributed by atoms with van der Waals surface area (Å²) in [6, 6.07) is 6.77. The summed E-state index contributed by atoms with van der Waals surface area (Å²) in [5.41, 5.74) is 4.68. The van der Waals surface area contributed by atoms with Gasteiger partial charge in [0.15, 0.2) is 0 Å². The number of aromatic nitrogens is 3. The van der Waals surface area contributed by atoms with Gasteiger partial charge in [-0.1, -0.05) is 23.2 Å². The van der Waals surface area contributed by atoms with Crippen molar-refractivity contribution in [2.75, 3.05) is 6.54 Å². The molecule has 0 radical (unpaired) electrons. The first-order chi connectivity index (χ1) is 15.0. The van der Waals surface area contributed by atoms with Crippen LogP contribution in [0.4, 0.5) is 4.39 Å². The Morgan fingerprint density at radius 2 is 1.94 bits per heavy atom. The summed E-state index contributed by atoms with van der Waals surface area (Å²) in [6.45, 7) is 0.760. The van der Waals surface area contributed by atoms with E-state index in [4.69, 9.17) is 23.2 Å². The number of benzene rings is 1. The van der Waals surface area contributed by atoms with E-state index in [-0.39, 0.29) is 17.9 Å². The maximum Gasteiger partial charge on any atom is 0.226 e. The number of aromatic amines is 1. The summed E-state index contributed by atoms with van der Waals surface area (Å²) in [5, 5.41) is 8.20. The molecule has 1 unspecified atom stereocenters. The number of carbonyl (C=O) groups excluding carboxylic acids is 1. The molecule has 3 aromatic rings. The Balaban J connectivity index is 1.31. The molecule has 1 aromatic carbocycles. The number of likely N-dealkylation sites (tertiary alicyclic amines) is 1. The number of amides is 1. The van der Waals surface area contributed by atoms with E-state index in [2.05, 4.69) is 15.2 Å². The minimum atomic E-state index is -0.538. The van der Waals surface area contributed by atoms with Crippen LogP contribution in [-0.4, -0.2) is 38.6 Å². The largest absolute Gasteiger partial charge is 0.339 e. The van der Waals surface area contributed by atoms with Crippen LogP contribution in [-0.2, 0) is 24.1 Å². The fourth-order valence-corrected chi connectivity index (χ4v) is 5.38. The third kappa shape index (κ3) is 3.94. The number of fused-ring (bicyclic) bond motifs is 1. The Morgan fingerprint density at radius 1 is 1.13 bits per heavy atom. The van der Waals surface area contributed by atoms with E-state index >= 15 is 0 Å². The number of nitrogens with one attached hydrogen (secondary N) is 1. The van der Waals surface area contributed by atoms with Crippen molar-refractivity contribution >= 4 is 29.1 Å². The highest BCUT2D eigenvalue weighted by Crippen LogP contribution is 2.36. The lowest BCUT2D eigenvalue weighted by Gasteiger charge is -2.31. The van der Waals surface area contributed by atoms with Gasteiger partial charge >= 0.3 is 0 Å². The third-order valence-electron chi connectivity index (χ3n) is 6.43. The number of carbonyl (C=O) groups is 1. The molecule has 2 aliphatic rings. The lowest BCUT2D eigenvalue weighted by Crippen LogP contribution is -2.41. The molecule has 1 N–H and O–H groups in total. The average molecular weight is 459 g/mol. The number of halogens is 3. The number of aryl methyl sites for hydroxylation is 1. The van der Waals surface area contributed by atoms with Crippen molar-refractivity contribution in [3.8, 4) is 11.1 Å². The molecule has 1 saturated heterocycles. The topological polar surface area (TPSA) is 61.9 Å². The number of nitrogens with zero attached hydrogens (tertiary/aromatic N) is 3. The highest BCUT2D eigenvalue weighted by molar-refractivity contribution is 6.36. The molecule has 8 heteroatoms. The molecule has 0 bridgehead atoms. The van der Waals surface area contributed by atoms with Gasteiger partial charge in [-0.05, 0) is 73.1 Å². The van der Waals surface area contributed by atoms with Gasteiger partial charge in [-0.2, -0.15) is 9.49 Å². The lowest BCUT2D eigenvalue weighted by molar-refractivity contribution is -0.133. The molecule has 5 rings (SSSR count). The summed E-state index contributed by atoms with van der Waals surface area (Å²) in [7, 11) is 0. The van der Waals surface area contributed by atoms with E-state index in [9.17, 15) is 9.18 Å². The second-order valence-corrected chi connectivity index (χ2v) is 9.09. The van der Waals surface area contributed by atoms with Crippen LogP contribution in [0.25, 0.3) is 11.1 Å². The molecular weight excluding hydrogens is 438 g/mol. The van der Waals surface area contributed by atoms with Gasteiger partial charge in [-0.25, -0.2) is 4.98 Å². The Morgan fingerprint density at radius 3 is 2.68 bits per heavy atom. The van der Waals surface area contributed by atoms with Crippen LogP contribution in [0.3, 0.4) is 0 Å². The van der Waals surface area contributed by atoms with E-state index in [0.717, 1.165) is 48.9 Å². The van der Waals surface area contributed by atoms with Crippen LogP contribution in [0.1, 0.15) is 29.7 Å². The van der Waals surface area contributed by atoms with E-state index in [1.807, 2.05) is 11.1 Å². The minimum Gasteiger partial charge on any atom is -0.339 e. The van der Waals surface area contributed by atoms with Gasteiger partial charge in [-0.15, -0.1) is 0 Å². The second-order valence-electron chi connectivity index (χ2n) is 8.28. The van der Waals surface area contributed by atoms with Gasteiger partial charge in [0.25, 0.3) is 0 Å². The van der Waals surface area contributed by atoms with Crippen molar-refractivity contribution in [2.45, 2.75) is 38.1 Å². The minimum absolute atomic E-state index is 0.126. The van der Waals surface area contributed by atoms with Crippen molar-refractivity contribution in [1.82, 2.24) is 20.1 Å². The van der Waals surface area contributed by atoms with Gasteiger partial charge in [-0.3, -0.25) is 9.89 Å². The summed E-state index contributed by atoms with van der Waals surface area (Å²) < 4.78 is 13.1. The molecule has 1 aliphatic carbocycles. The Bertz CT molecular complexity index is 1110. The van der Waals surface area contributed by atoms with Crippen molar-refractivity contribution in [3.63, 3.8) is 0 Å². The number of rotatable bonds is 4. The molecule has 2 aromatic heterocycles. The van der Waals surface area contributed by atoms with E-state index < -0.39 is 5.95 Å². The van der Waals surface area contributed by atoms with Gasteiger partial charge in [0.2, 0.25) is 11.9 Å². The Kier molecular flexibility index (Phi) is 5.44. The molecule has 0 saturated carbocycles. The second kappa shape index (κ2) is 8.24. The van der Waals surface area contributed by atoms with Crippen molar-refractivity contribution in [2.24, 2.45) is 5.92 Å². The van der Waals surface area contributed by atoms with Gasteiger partial charge in [0, 0.05) is 46.0 Å². The summed E-state index contributed by atoms with van der Waals surface area (Å²) >= 11 is 13.1. The van der Waals surface area contributed by atoms with Crippen molar-refractivity contribution < 1.29 is 9.18 Å². The molecule has 3 heterocycles. The SMILES string of the molecule is O=C1[C@H](Cc2c(Cl)cc(-c3ccc(F)nc3)cc2Cl)CCN1C1CCc2[nH]ncc2C1. The first kappa shape index (κ1) is 20.5. The molecule has 1 aliphatic heterocycles. The fourth-order valence-electron chi connectivity index (χ4n) is 4.74. The van der Waals surface area contributed by atoms with Crippen LogP contribution in [0.15, 0.2) is 36.7 Å². The Labute approximate surface area is 189 Å². The fraction of sp³-hybridized carbons (Fsp3) is 0.348. The lowest BCUT2D eigenvalue weighted by atomic mass is 9.92. The molecule has 160 valence electrons. The highest BCUT2D eigenvalue weighted by atomic mass is 35.5. The molecule has 31 heavy (non-hydrogen) atoms. The van der Waals surface area contributed by atoms with E-state index in [1.54, 1.807) is 18.2 Å². The van der Waals surface area contributed by atoms with E-state index in [0.29, 0.717) is 16.5 Å². The van der Waals surface area contributed by atoms with Crippen LogP contribution in [0.2, 0.25) is 10.0 Å². The number of pyridine rings is 1. The normalized spacial score (nSPS) is 20.9. The predicted molar refractivity (Wildman–Crippen MR) is 118 cm³/mol. The molecule has 1 amide bonds. The van der Waals surface area contributed by atoms with Crippen LogP contribution < -0.4 is 0 Å². The first-order valence-corrected chi connectivity index (χ1v) is 11.2. The summed E-state index contributed by atoms with van der Waals surface area (Å²) in [6.07, 6.45) is 7.36. The maximum atomic E-state index is 13.2. The van der Waals surface area contributed by atoms with Crippen LogP contribution >= 0.6 is 23.2 Å². The molecule has 5 nitrogen and oxygen atoms in total. The highest BCUT2D eigenvalue weighted by Gasteiger charge is 2.37. The van der Waals surface area contributed by atoms with Crippen molar-refractivity contribution in [1.29, 1.82) is 0 Å². The van der Waals surface area contributed by atoms with Crippen LogP contribution in [0, 0.1) is 11.9 Å². The standard InChI is InChI=1S/C23H21Cl2FN4O/c24-19-9-15(14-1-4-22(26)27-11-14)10-20(25)18(19)8-13-5-6-30(23(13)31)17-2-3-21-16(7-17)12-28-29-21/h1,4,9-13,17H,2-3,5-8H2,(H,28,29)/t13-,17?/m0/s1. The van der Waals surface area contributed by atoms with Gasteiger partial charge in [0.1, 0.15) is 0 Å². The zero-order chi connectivity index (χ0) is 21.5. The number of hydrogen-bond donors (Lipinski definition) is 1. The zero-order valence-electron chi connectivity index (χ0n) is 16.7. The number of hydrogen-bond acceptors (Lipinski definition) is 3. The predicted octanol–water partition coefficient (Wildman–Crippen LogP) is 4.87. The molecular formula is C23H21Cl2FN4O. The third-order valence-corrected chi connectivity index (χ3v) is 7.11. The Hall–Kier alpha value is -2.44. The first-order valence-electron chi connectivity index (χ1n) is 10.4. The van der Waals surface area contributed by atoms with Crippen molar-refractivity contribution in [3.05, 3.63) is 69.5 Å².